The van der Waals surface area contributed by atoms with Crippen molar-refractivity contribution in [2.24, 2.45) is 16.1 Å². The summed E-state index contributed by atoms with van der Waals surface area (Å²) in [6.07, 6.45) is 10.1. The van der Waals surface area contributed by atoms with Gasteiger partial charge < -0.3 is 30.5 Å². The van der Waals surface area contributed by atoms with Crippen LogP contribution in [-0.4, -0.2) is 88.2 Å². The van der Waals surface area contributed by atoms with Crippen molar-refractivity contribution in [3.63, 3.8) is 0 Å². The number of carbonyl (C=O) groups is 1. The fourth-order valence-electron chi connectivity index (χ4n) is 6.64. The van der Waals surface area contributed by atoms with E-state index in [0.29, 0.717) is 36.3 Å². The quantitative estimate of drug-likeness (QED) is 0.136. The minimum absolute atomic E-state index is 0.187. The Morgan fingerprint density at radius 1 is 1.04 bits per heavy atom. The number of likely N-dealkylation sites (N-methyl/N-ethyl adjacent to an activating group) is 2. The van der Waals surface area contributed by atoms with E-state index >= 15 is 0 Å². The molecule has 3 aromatic heterocycles. The summed E-state index contributed by atoms with van der Waals surface area (Å²) in [6.45, 7) is 10.8. The Hall–Kier alpha value is -5.24. The van der Waals surface area contributed by atoms with Gasteiger partial charge in [-0.05, 0) is 76.4 Å². The highest BCUT2D eigenvalue weighted by molar-refractivity contribution is 6.05. The van der Waals surface area contributed by atoms with Crippen LogP contribution in [0.4, 0.5) is 22.5 Å². The average Bonchev–Trinajstić information content (AvgIpc) is 3.54. The fourth-order valence-corrected chi connectivity index (χ4v) is 6.64. The number of urea groups is 1. The number of nitrogens with one attached hydrogen (secondary N) is 2. The molecule has 0 spiro atoms. The van der Waals surface area contributed by atoms with Crippen LogP contribution in [0.2, 0.25) is 0 Å². The molecule has 1 aromatic carbocycles. The van der Waals surface area contributed by atoms with Gasteiger partial charge in [-0.15, -0.1) is 10.2 Å². The number of amidine groups is 1. The van der Waals surface area contributed by atoms with Crippen molar-refractivity contribution in [2.75, 3.05) is 50.6 Å². The number of nitrogens with two attached hydrogens (primary N) is 1. The second-order valence-corrected chi connectivity index (χ2v) is 15.4. The first kappa shape index (κ1) is 37.5. The van der Waals surface area contributed by atoms with Gasteiger partial charge in [0.1, 0.15) is 17.7 Å². The third-order valence-corrected chi connectivity index (χ3v) is 9.92. The van der Waals surface area contributed by atoms with Gasteiger partial charge in [0.25, 0.3) is 0 Å². The number of hydrogen-bond donors (Lipinski definition) is 3. The zero-order valence-electron chi connectivity index (χ0n) is 32.1. The molecule has 53 heavy (non-hydrogen) atoms. The smallest absolute Gasteiger partial charge is 0.320 e. The van der Waals surface area contributed by atoms with Gasteiger partial charge in [-0.3, -0.25) is 9.72 Å². The zero-order valence-corrected chi connectivity index (χ0v) is 32.1. The van der Waals surface area contributed by atoms with E-state index in [2.05, 4.69) is 59.7 Å². The van der Waals surface area contributed by atoms with Crippen LogP contribution < -0.4 is 30.9 Å². The minimum Gasteiger partial charge on any atom is -0.484 e. The molecule has 4 N–H and O–H groups in total. The molecule has 0 bridgehead atoms. The number of aromatic nitrogens is 5. The van der Waals surface area contributed by atoms with Gasteiger partial charge in [0.05, 0.1) is 12.2 Å². The van der Waals surface area contributed by atoms with Crippen LogP contribution in [-0.2, 0) is 0 Å². The Balaban J connectivity index is 1.18. The fraction of sp³-hybridized carbons (Fsp3) is 0.487. The largest absolute Gasteiger partial charge is 0.484 e. The molecule has 6 rings (SSSR count). The molecule has 2 amide bonds. The summed E-state index contributed by atoms with van der Waals surface area (Å²) in [7, 11) is 5.99. The predicted molar refractivity (Wildman–Crippen MR) is 210 cm³/mol. The number of pyridine rings is 1. The molecule has 0 radical (unpaired) electrons. The van der Waals surface area contributed by atoms with Crippen molar-refractivity contribution in [1.82, 2.24) is 40.1 Å². The average molecular weight is 723 g/mol. The topological polar surface area (TPSA) is 154 Å². The molecule has 282 valence electrons. The number of carbonyl (C=O) groups excluding carboxylic acids is 1. The molecule has 14 nitrogen and oxygen atoms in total. The number of aliphatic imine (C=N–C) groups is 1. The molecule has 14 heteroatoms. The number of nitrogens with zero attached hydrogens (tertiary/aromatic N) is 9. The molecule has 1 saturated heterocycles. The first-order chi connectivity index (χ1) is 25.4. The standard InChI is InChI=1S/C39H54N12O2/c1-26-12-10-11-21-50(26)38-47-46-35-18-15-27(25-51(35)38)53-31-17-16-30(28-13-8-9-14-29(28)31)42-37(52)45-34(24-32(40)39(2,3)4)43-33-19-20-41-36(44-33)49(7)23-22-48(5)6/h8-9,13-15,18-20,24-26,30-31H,10-12,16-17,21-23,40H2,1-7H3,(H2,41,42,43,44,45,52)/b32-24-/t26-,30-,31+/m0/s1. The van der Waals surface area contributed by atoms with Crippen LogP contribution in [0.1, 0.15) is 83.1 Å². The highest BCUT2D eigenvalue weighted by Gasteiger charge is 2.30. The lowest BCUT2D eigenvalue weighted by molar-refractivity contribution is 0.171. The lowest BCUT2D eigenvalue weighted by Gasteiger charge is -2.33. The number of benzene rings is 1. The maximum atomic E-state index is 13.7. The van der Waals surface area contributed by atoms with Crippen LogP contribution in [0.25, 0.3) is 5.65 Å². The number of fused-ring (bicyclic) bond motifs is 2. The van der Waals surface area contributed by atoms with Crippen LogP contribution >= 0.6 is 0 Å². The molecule has 0 unspecified atom stereocenters. The Morgan fingerprint density at radius 3 is 2.58 bits per heavy atom. The van der Waals surface area contributed by atoms with Crippen molar-refractivity contribution in [2.45, 2.75) is 78.0 Å². The zero-order chi connectivity index (χ0) is 37.7. The Labute approximate surface area is 312 Å². The van der Waals surface area contributed by atoms with E-state index in [4.69, 9.17) is 15.5 Å². The molecular formula is C39H54N12O2. The molecule has 2 aliphatic rings. The summed E-state index contributed by atoms with van der Waals surface area (Å²) in [4.78, 5) is 33.8. The summed E-state index contributed by atoms with van der Waals surface area (Å²) >= 11 is 0. The summed E-state index contributed by atoms with van der Waals surface area (Å²) in [6, 6.07) is 13.5. The molecule has 4 heterocycles. The number of ether oxygens (including phenoxy) is 1. The van der Waals surface area contributed by atoms with Gasteiger partial charge in [0.15, 0.2) is 11.5 Å². The molecule has 4 aromatic rings. The van der Waals surface area contributed by atoms with Crippen molar-refractivity contribution in [3.05, 3.63) is 77.8 Å². The van der Waals surface area contributed by atoms with Crippen LogP contribution in [0.3, 0.4) is 0 Å². The van der Waals surface area contributed by atoms with Gasteiger partial charge in [-0.1, -0.05) is 45.0 Å². The van der Waals surface area contributed by atoms with E-state index < -0.39 is 6.03 Å². The predicted octanol–water partition coefficient (Wildman–Crippen LogP) is 5.77. The van der Waals surface area contributed by atoms with Crippen LogP contribution in [0, 0.1) is 5.41 Å². The Kier molecular flexibility index (Phi) is 11.5. The van der Waals surface area contributed by atoms with E-state index in [-0.39, 0.29) is 23.4 Å². The second kappa shape index (κ2) is 16.2. The van der Waals surface area contributed by atoms with Gasteiger partial charge >= 0.3 is 6.03 Å². The normalized spacial score (nSPS) is 19.6. The molecule has 1 aliphatic carbocycles. The van der Waals surface area contributed by atoms with E-state index in [1.54, 1.807) is 18.3 Å². The molecule has 3 atom stereocenters. The van der Waals surface area contributed by atoms with Crippen molar-refractivity contribution in [3.8, 4) is 5.75 Å². The van der Waals surface area contributed by atoms with Gasteiger partial charge in [0.2, 0.25) is 11.9 Å². The Morgan fingerprint density at radius 2 is 1.83 bits per heavy atom. The lowest BCUT2D eigenvalue weighted by atomic mass is 9.85. The maximum Gasteiger partial charge on any atom is 0.320 e. The number of anilines is 2. The van der Waals surface area contributed by atoms with E-state index in [1.807, 2.05) is 81.7 Å². The number of piperidine rings is 1. The maximum absolute atomic E-state index is 13.7. The highest BCUT2D eigenvalue weighted by Crippen LogP contribution is 2.39. The summed E-state index contributed by atoms with van der Waals surface area (Å²) in [5, 5.41) is 15.1. The van der Waals surface area contributed by atoms with E-state index in [9.17, 15) is 4.79 Å². The number of hydrogen-bond acceptors (Lipinski definition) is 11. The van der Waals surface area contributed by atoms with Crippen LogP contribution in [0.15, 0.2) is 71.6 Å². The van der Waals surface area contributed by atoms with E-state index in [0.717, 1.165) is 60.9 Å². The van der Waals surface area contributed by atoms with Crippen molar-refractivity contribution < 1.29 is 9.53 Å². The molecular weight excluding hydrogens is 669 g/mol. The third-order valence-electron chi connectivity index (χ3n) is 9.92. The van der Waals surface area contributed by atoms with Gasteiger partial charge in [-0.25, -0.2) is 14.8 Å². The highest BCUT2D eigenvalue weighted by atomic mass is 16.5. The van der Waals surface area contributed by atoms with Gasteiger partial charge in [-0.2, -0.15) is 4.98 Å². The monoisotopic (exact) mass is 722 g/mol. The number of rotatable bonds is 10. The summed E-state index contributed by atoms with van der Waals surface area (Å²) < 4.78 is 8.69. The second-order valence-electron chi connectivity index (χ2n) is 15.4. The number of allylic oxidation sites excluding steroid dienone is 1. The number of amides is 2. The Bertz CT molecular complexity index is 1950. The van der Waals surface area contributed by atoms with Crippen molar-refractivity contribution >= 4 is 35.2 Å². The first-order valence-corrected chi connectivity index (χ1v) is 18.6. The third kappa shape index (κ3) is 9.23. The van der Waals surface area contributed by atoms with E-state index in [1.165, 1.54) is 6.42 Å². The SMILES string of the molecule is C[C@H]1CCCCN1c1nnc2ccc(O[C@@H]3CC[C@H](NC(=O)NC(/C=C(\N)C(C)(C)C)=Nc4ccnc(N(C)CCN(C)C)n4)c4ccccc43)cn12. The molecule has 0 saturated carbocycles. The minimum atomic E-state index is -0.393. The van der Waals surface area contributed by atoms with Crippen molar-refractivity contribution in [1.29, 1.82) is 0 Å². The summed E-state index contributed by atoms with van der Waals surface area (Å²) in [5.41, 5.74) is 9.53. The first-order valence-electron chi connectivity index (χ1n) is 18.6. The molecule has 1 aliphatic heterocycles. The lowest BCUT2D eigenvalue weighted by Crippen LogP contribution is -2.42. The molecule has 1 fully saturated rings. The van der Waals surface area contributed by atoms with Gasteiger partial charge in [0, 0.05) is 62.2 Å². The van der Waals surface area contributed by atoms with Crippen LogP contribution in [0.5, 0.6) is 5.75 Å². The summed E-state index contributed by atoms with van der Waals surface area (Å²) in [5.74, 6) is 2.83.